The molecule has 0 spiro atoms. The highest BCUT2D eigenvalue weighted by Crippen LogP contribution is 2.30. The molecule has 0 saturated carbocycles. The van der Waals surface area contributed by atoms with Crippen LogP contribution in [0.15, 0.2) is 48.7 Å². The number of methoxy groups -OCH3 is 2. The summed E-state index contributed by atoms with van der Waals surface area (Å²) in [6.07, 6.45) is 1.91. The predicted octanol–water partition coefficient (Wildman–Crippen LogP) is 3.47. The van der Waals surface area contributed by atoms with E-state index in [0.717, 1.165) is 17.2 Å². The van der Waals surface area contributed by atoms with Crippen LogP contribution in [0, 0.1) is 17.1 Å². The summed E-state index contributed by atoms with van der Waals surface area (Å²) >= 11 is 0. The Bertz CT molecular complexity index is 1110. The monoisotopic (exact) mass is 391 g/mol. The number of nitrogens with two attached hydrogens (primary N) is 1. The van der Waals surface area contributed by atoms with E-state index >= 15 is 0 Å². The van der Waals surface area contributed by atoms with Crippen molar-refractivity contribution >= 4 is 5.91 Å². The van der Waals surface area contributed by atoms with Crippen LogP contribution in [0.5, 0.6) is 11.5 Å². The number of nitriles is 1. The second-order valence-corrected chi connectivity index (χ2v) is 6.23. The highest BCUT2D eigenvalue weighted by Gasteiger charge is 2.17. The van der Waals surface area contributed by atoms with Gasteiger partial charge in [0.05, 0.1) is 25.5 Å². The van der Waals surface area contributed by atoms with Crippen LogP contribution in [0.4, 0.5) is 4.39 Å². The highest BCUT2D eigenvalue weighted by atomic mass is 19.1. The molecule has 146 valence electrons. The van der Waals surface area contributed by atoms with Gasteiger partial charge in [0, 0.05) is 23.7 Å². The van der Waals surface area contributed by atoms with Gasteiger partial charge in [0.25, 0.3) is 5.91 Å². The molecule has 2 aromatic carbocycles. The van der Waals surface area contributed by atoms with E-state index in [1.54, 1.807) is 12.3 Å². The van der Waals surface area contributed by atoms with Crippen LogP contribution < -0.4 is 15.2 Å². The maximum Gasteiger partial charge on any atom is 0.252 e. The summed E-state index contributed by atoms with van der Waals surface area (Å²) in [6.45, 7) is 0. The van der Waals surface area contributed by atoms with Gasteiger partial charge in [-0.2, -0.15) is 5.26 Å². The first-order valence-corrected chi connectivity index (χ1v) is 8.67. The van der Waals surface area contributed by atoms with Gasteiger partial charge in [0.1, 0.15) is 28.9 Å². The molecule has 0 radical (unpaired) electrons. The Hall–Kier alpha value is -3.92. The van der Waals surface area contributed by atoms with E-state index < -0.39 is 11.7 Å². The number of nitrogens with zero attached hydrogens (tertiary/aromatic N) is 2. The van der Waals surface area contributed by atoms with Gasteiger partial charge in [-0.15, -0.1) is 0 Å². The summed E-state index contributed by atoms with van der Waals surface area (Å²) in [6, 6.07) is 13.4. The fourth-order valence-electron chi connectivity index (χ4n) is 3.15. The summed E-state index contributed by atoms with van der Waals surface area (Å²) in [5, 5.41) is 9.44. The number of pyridine rings is 1. The van der Waals surface area contributed by atoms with Crippen molar-refractivity contribution in [2.75, 3.05) is 14.2 Å². The molecular formula is C22H18FN3O3. The van der Waals surface area contributed by atoms with Crippen LogP contribution >= 0.6 is 0 Å². The van der Waals surface area contributed by atoms with E-state index in [-0.39, 0.29) is 11.3 Å². The van der Waals surface area contributed by atoms with Crippen LogP contribution in [-0.4, -0.2) is 25.1 Å². The van der Waals surface area contributed by atoms with E-state index in [1.165, 1.54) is 20.3 Å². The zero-order chi connectivity index (χ0) is 21.0. The zero-order valence-corrected chi connectivity index (χ0v) is 15.9. The Morgan fingerprint density at radius 3 is 2.48 bits per heavy atom. The minimum absolute atomic E-state index is 0.00152. The highest BCUT2D eigenvalue weighted by molar-refractivity contribution is 5.96. The maximum atomic E-state index is 13.9. The zero-order valence-electron chi connectivity index (χ0n) is 15.9. The molecule has 0 saturated heterocycles. The van der Waals surface area contributed by atoms with Crippen molar-refractivity contribution in [2.45, 2.75) is 6.42 Å². The first-order valence-electron chi connectivity index (χ1n) is 8.67. The molecule has 0 aliphatic heterocycles. The SMILES string of the molecule is COc1ccnc(-c2ccc(Cc3cc(F)cc(C(N)=O)c3OC)cc2)c1C#N. The number of halogens is 1. The molecule has 6 nitrogen and oxygen atoms in total. The molecule has 3 rings (SSSR count). The number of primary amides is 1. The van der Waals surface area contributed by atoms with Gasteiger partial charge < -0.3 is 15.2 Å². The van der Waals surface area contributed by atoms with Gasteiger partial charge >= 0.3 is 0 Å². The second-order valence-electron chi connectivity index (χ2n) is 6.23. The average molecular weight is 391 g/mol. The van der Waals surface area contributed by atoms with E-state index in [4.69, 9.17) is 15.2 Å². The minimum Gasteiger partial charge on any atom is -0.496 e. The lowest BCUT2D eigenvalue weighted by Crippen LogP contribution is -2.14. The fraction of sp³-hybridized carbons (Fsp3) is 0.136. The number of carbonyl (C=O) groups excluding carboxylic acids is 1. The van der Waals surface area contributed by atoms with Crippen LogP contribution in [0.3, 0.4) is 0 Å². The minimum atomic E-state index is -0.758. The summed E-state index contributed by atoms with van der Waals surface area (Å²) in [7, 11) is 2.90. The van der Waals surface area contributed by atoms with Crippen molar-refractivity contribution < 1.29 is 18.7 Å². The van der Waals surface area contributed by atoms with Gasteiger partial charge in [-0.25, -0.2) is 4.39 Å². The number of rotatable bonds is 6. The third-order valence-electron chi connectivity index (χ3n) is 4.47. The largest absolute Gasteiger partial charge is 0.496 e. The summed E-state index contributed by atoms with van der Waals surface area (Å²) in [5.41, 5.74) is 8.29. The molecular weight excluding hydrogens is 373 g/mol. The van der Waals surface area contributed by atoms with Crippen LogP contribution in [-0.2, 0) is 6.42 Å². The first kappa shape index (κ1) is 19.8. The molecule has 0 unspecified atom stereocenters. The molecule has 1 aromatic heterocycles. The average Bonchev–Trinajstić information content (AvgIpc) is 2.73. The number of benzene rings is 2. The Labute approximate surface area is 167 Å². The van der Waals surface area contributed by atoms with Crippen molar-refractivity contribution in [2.24, 2.45) is 5.73 Å². The topological polar surface area (TPSA) is 98.2 Å². The normalized spacial score (nSPS) is 10.3. The summed E-state index contributed by atoms with van der Waals surface area (Å²) < 4.78 is 24.4. The number of hydrogen-bond donors (Lipinski definition) is 1. The first-order chi connectivity index (χ1) is 14.0. The smallest absolute Gasteiger partial charge is 0.252 e. The number of amides is 1. The number of hydrogen-bond acceptors (Lipinski definition) is 5. The third-order valence-corrected chi connectivity index (χ3v) is 4.47. The van der Waals surface area contributed by atoms with E-state index in [1.807, 2.05) is 24.3 Å². The molecule has 0 fully saturated rings. The van der Waals surface area contributed by atoms with Crippen molar-refractivity contribution in [1.29, 1.82) is 5.26 Å². The second kappa shape index (κ2) is 8.40. The van der Waals surface area contributed by atoms with Gasteiger partial charge in [-0.3, -0.25) is 9.78 Å². The van der Waals surface area contributed by atoms with Crippen molar-refractivity contribution in [3.8, 4) is 28.8 Å². The Kier molecular flexibility index (Phi) is 5.74. The van der Waals surface area contributed by atoms with Gasteiger partial charge in [0.15, 0.2) is 0 Å². The summed E-state index contributed by atoms with van der Waals surface area (Å²) in [5.74, 6) is -0.620. The maximum absolute atomic E-state index is 13.9. The molecule has 29 heavy (non-hydrogen) atoms. The Morgan fingerprint density at radius 1 is 1.17 bits per heavy atom. The molecule has 1 amide bonds. The lowest BCUT2D eigenvalue weighted by atomic mass is 9.98. The van der Waals surface area contributed by atoms with E-state index in [2.05, 4.69) is 11.1 Å². The Balaban J connectivity index is 1.96. The molecule has 2 N–H and O–H groups in total. The standard InChI is InChI=1S/C22H18FN3O3/c1-28-19-7-8-26-20(18(19)12-24)14-5-3-13(4-6-14)9-15-10-16(23)11-17(22(25)27)21(15)29-2/h3-8,10-11H,9H2,1-2H3,(H2,25,27). The van der Waals surface area contributed by atoms with Gasteiger partial charge in [-0.1, -0.05) is 24.3 Å². The predicted molar refractivity (Wildman–Crippen MR) is 105 cm³/mol. The fourth-order valence-corrected chi connectivity index (χ4v) is 3.15. The quantitative estimate of drug-likeness (QED) is 0.694. The number of carbonyl (C=O) groups is 1. The van der Waals surface area contributed by atoms with Crippen LogP contribution in [0.1, 0.15) is 27.0 Å². The molecule has 3 aromatic rings. The van der Waals surface area contributed by atoms with Gasteiger partial charge in [0.2, 0.25) is 0 Å². The van der Waals surface area contributed by atoms with Crippen molar-refractivity contribution in [3.63, 3.8) is 0 Å². The molecule has 1 heterocycles. The molecule has 0 atom stereocenters. The lowest BCUT2D eigenvalue weighted by molar-refractivity contribution is 0.0996. The van der Waals surface area contributed by atoms with Crippen LogP contribution in [0.2, 0.25) is 0 Å². The Morgan fingerprint density at radius 2 is 1.90 bits per heavy atom. The van der Waals surface area contributed by atoms with E-state index in [9.17, 15) is 14.4 Å². The molecule has 0 aliphatic carbocycles. The number of ether oxygens (including phenoxy) is 2. The number of aromatic nitrogens is 1. The molecule has 0 aliphatic rings. The molecule has 0 bridgehead atoms. The van der Waals surface area contributed by atoms with E-state index in [0.29, 0.717) is 29.0 Å². The molecule has 7 heteroatoms. The van der Waals surface area contributed by atoms with Gasteiger partial charge in [-0.05, 0) is 23.8 Å². The third kappa shape index (κ3) is 4.01. The van der Waals surface area contributed by atoms with Crippen LogP contribution in [0.25, 0.3) is 11.3 Å². The lowest BCUT2D eigenvalue weighted by Gasteiger charge is -2.13. The summed E-state index contributed by atoms with van der Waals surface area (Å²) in [4.78, 5) is 15.9. The van der Waals surface area contributed by atoms with Crippen molar-refractivity contribution in [3.05, 3.63) is 76.7 Å². The van der Waals surface area contributed by atoms with Crippen molar-refractivity contribution in [1.82, 2.24) is 4.98 Å².